The zero-order chi connectivity index (χ0) is 16.8. The van der Waals surface area contributed by atoms with Crippen molar-refractivity contribution in [2.45, 2.75) is 39.5 Å². The molecule has 2 unspecified atom stereocenters. The summed E-state index contributed by atoms with van der Waals surface area (Å²) in [6.07, 6.45) is 3.05. The maximum atomic E-state index is 12.4. The standard InChI is InChI=1S/C18H26N2O3/c1-3-20(4-2)14-11-9-13(10-12-14)19-17(21)15-7-5-6-8-16(15)18(22)23/h9-12,15-16H,3-8H2,1-2H3,(H,19,21)(H,22,23). The Hall–Kier alpha value is -2.04. The lowest BCUT2D eigenvalue weighted by Gasteiger charge is -2.27. The first-order valence-electron chi connectivity index (χ1n) is 8.45. The molecule has 1 aromatic rings. The van der Waals surface area contributed by atoms with Crippen molar-refractivity contribution in [2.75, 3.05) is 23.3 Å². The third-order valence-electron chi connectivity index (χ3n) is 4.68. The number of carboxylic acid groups (broad SMARTS) is 1. The molecular formula is C18H26N2O3. The molecule has 0 radical (unpaired) electrons. The minimum absolute atomic E-state index is 0.173. The van der Waals surface area contributed by atoms with E-state index in [9.17, 15) is 14.7 Å². The number of benzene rings is 1. The fraction of sp³-hybridized carbons (Fsp3) is 0.556. The van der Waals surface area contributed by atoms with Crippen LogP contribution in [0.3, 0.4) is 0 Å². The molecule has 2 N–H and O–H groups in total. The molecule has 1 amide bonds. The second kappa shape index (κ2) is 7.99. The van der Waals surface area contributed by atoms with Gasteiger partial charge in [-0.05, 0) is 51.0 Å². The molecule has 0 bridgehead atoms. The Morgan fingerprint density at radius 1 is 1.09 bits per heavy atom. The first-order chi connectivity index (χ1) is 11.1. The molecule has 0 aliphatic heterocycles. The quantitative estimate of drug-likeness (QED) is 0.844. The molecule has 126 valence electrons. The van der Waals surface area contributed by atoms with Crippen molar-refractivity contribution in [2.24, 2.45) is 11.8 Å². The van der Waals surface area contributed by atoms with Crippen LogP contribution in [0.5, 0.6) is 0 Å². The zero-order valence-corrected chi connectivity index (χ0v) is 13.9. The average Bonchev–Trinajstić information content (AvgIpc) is 2.57. The lowest BCUT2D eigenvalue weighted by atomic mass is 9.78. The Kier molecular flexibility index (Phi) is 6.02. The highest BCUT2D eigenvalue weighted by molar-refractivity contribution is 5.95. The summed E-state index contributed by atoms with van der Waals surface area (Å²) in [5.41, 5.74) is 1.84. The predicted octanol–water partition coefficient (Wildman–Crippen LogP) is 3.36. The summed E-state index contributed by atoms with van der Waals surface area (Å²) in [4.78, 5) is 26.0. The van der Waals surface area contributed by atoms with Crippen LogP contribution in [0.25, 0.3) is 0 Å². The van der Waals surface area contributed by atoms with Crippen LogP contribution in [0.4, 0.5) is 11.4 Å². The first-order valence-corrected chi connectivity index (χ1v) is 8.45. The number of carbonyl (C=O) groups is 2. The third kappa shape index (κ3) is 4.24. The van der Waals surface area contributed by atoms with E-state index in [2.05, 4.69) is 24.1 Å². The fourth-order valence-electron chi connectivity index (χ4n) is 3.32. The summed E-state index contributed by atoms with van der Waals surface area (Å²) in [6, 6.07) is 7.73. The number of carbonyl (C=O) groups excluding carboxylic acids is 1. The van der Waals surface area contributed by atoms with Crippen LogP contribution in [0.15, 0.2) is 24.3 Å². The predicted molar refractivity (Wildman–Crippen MR) is 91.7 cm³/mol. The number of amides is 1. The smallest absolute Gasteiger partial charge is 0.307 e. The summed E-state index contributed by atoms with van der Waals surface area (Å²) < 4.78 is 0. The molecule has 5 nitrogen and oxygen atoms in total. The van der Waals surface area contributed by atoms with Gasteiger partial charge in [-0.1, -0.05) is 12.8 Å². The summed E-state index contributed by atoms with van der Waals surface area (Å²) in [6.45, 7) is 6.08. The van der Waals surface area contributed by atoms with Crippen LogP contribution in [-0.2, 0) is 9.59 Å². The Morgan fingerprint density at radius 2 is 1.65 bits per heavy atom. The summed E-state index contributed by atoms with van der Waals surface area (Å²) in [5, 5.41) is 12.2. The Morgan fingerprint density at radius 3 is 2.17 bits per heavy atom. The van der Waals surface area contributed by atoms with Gasteiger partial charge in [0.05, 0.1) is 11.8 Å². The first kappa shape index (κ1) is 17.3. The van der Waals surface area contributed by atoms with Gasteiger partial charge >= 0.3 is 5.97 Å². The minimum atomic E-state index is -0.860. The molecule has 23 heavy (non-hydrogen) atoms. The summed E-state index contributed by atoms with van der Waals surface area (Å²) in [7, 11) is 0. The van der Waals surface area contributed by atoms with Crippen LogP contribution in [0, 0.1) is 11.8 Å². The largest absolute Gasteiger partial charge is 0.481 e. The van der Waals surface area contributed by atoms with Crippen molar-refractivity contribution in [3.8, 4) is 0 Å². The molecule has 2 atom stereocenters. The van der Waals surface area contributed by atoms with Gasteiger partial charge in [0, 0.05) is 24.5 Å². The molecule has 1 saturated carbocycles. The highest BCUT2D eigenvalue weighted by atomic mass is 16.4. The number of nitrogens with one attached hydrogen (secondary N) is 1. The van der Waals surface area contributed by atoms with Crippen molar-refractivity contribution < 1.29 is 14.7 Å². The molecule has 1 aliphatic carbocycles. The van der Waals surface area contributed by atoms with E-state index in [1.165, 1.54) is 0 Å². The number of hydrogen-bond donors (Lipinski definition) is 2. The van der Waals surface area contributed by atoms with E-state index in [-0.39, 0.29) is 5.91 Å². The summed E-state index contributed by atoms with van der Waals surface area (Å²) >= 11 is 0. The number of nitrogens with zero attached hydrogens (tertiary/aromatic N) is 1. The van der Waals surface area contributed by atoms with E-state index in [1.807, 2.05) is 24.3 Å². The molecule has 0 spiro atoms. The Labute approximate surface area is 137 Å². The molecule has 0 aromatic heterocycles. The van der Waals surface area contributed by atoms with Gasteiger partial charge in [0.1, 0.15) is 0 Å². The lowest BCUT2D eigenvalue weighted by Crippen LogP contribution is -2.36. The van der Waals surface area contributed by atoms with Crippen LogP contribution in [0.2, 0.25) is 0 Å². The normalized spacial score (nSPS) is 20.8. The number of carboxylic acids is 1. The van der Waals surface area contributed by atoms with E-state index in [4.69, 9.17) is 0 Å². The minimum Gasteiger partial charge on any atom is -0.481 e. The molecule has 1 fully saturated rings. The number of aliphatic carboxylic acids is 1. The van der Waals surface area contributed by atoms with Crippen molar-refractivity contribution in [1.29, 1.82) is 0 Å². The molecule has 1 aromatic carbocycles. The fourth-order valence-corrected chi connectivity index (χ4v) is 3.32. The molecule has 0 saturated heterocycles. The molecular weight excluding hydrogens is 292 g/mol. The second-order valence-corrected chi connectivity index (χ2v) is 6.04. The van der Waals surface area contributed by atoms with E-state index >= 15 is 0 Å². The van der Waals surface area contributed by atoms with Gasteiger partial charge in [-0.3, -0.25) is 9.59 Å². The van der Waals surface area contributed by atoms with E-state index < -0.39 is 17.8 Å². The van der Waals surface area contributed by atoms with Crippen LogP contribution in [-0.4, -0.2) is 30.1 Å². The number of hydrogen-bond acceptors (Lipinski definition) is 3. The van der Waals surface area contributed by atoms with Gasteiger partial charge in [0.2, 0.25) is 5.91 Å². The van der Waals surface area contributed by atoms with Crippen molar-refractivity contribution in [3.63, 3.8) is 0 Å². The van der Waals surface area contributed by atoms with Gasteiger partial charge in [-0.15, -0.1) is 0 Å². The monoisotopic (exact) mass is 318 g/mol. The lowest BCUT2D eigenvalue weighted by molar-refractivity contribution is -0.147. The Bertz CT molecular complexity index is 538. The summed E-state index contributed by atoms with van der Waals surface area (Å²) in [5.74, 6) is -2.02. The van der Waals surface area contributed by atoms with Crippen LogP contribution >= 0.6 is 0 Å². The SMILES string of the molecule is CCN(CC)c1ccc(NC(=O)C2CCCCC2C(=O)O)cc1. The average molecular weight is 318 g/mol. The molecule has 1 aliphatic rings. The molecule has 5 heteroatoms. The maximum absolute atomic E-state index is 12.4. The Balaban J connectivity index is 2.03. The van der Waals surface area contributed by atoms with Gasteiger partial charge in [0.15, 0.2) is 0 Å². The van der Waals surface area contributed by atoms with Crippen molar-refractivity contribution >= 4 is 23.3 Å². The highest BCUT2D eigenvalue weighted by Gasteiger charge is 2.35. The third-order valence-corrected chi connectivity index (χ3v) is 4.68. The van der Waals surface area contributed by atoms with Gasteiger partial charge in [-0.2, -0.15) is 0 Å². The van der Waals surface area contributed by atoms with Gasteiger partial charge in [-0.25, -0.2) is 0 Å². The highest BCUT2D eigenvalue weighted by Crippen LogP contribution is 2.31. The maximum Gasteiger partial charge on any atom is 0.307 e. The van der Waals surface area contributed by atoms with Gasteiger partial charge in [0.25, 0.3) is 0 Å². The number of anilines is 2. The molecule has 0 heterocycles. The molecule has 2 rings (SSSR count). The van der Waals surface area contributed by atoms with Crippen LogP contribution in [0.1, 0.15) is 39.5 Å². The van der Waals surface area contributed by atoms with E-state index in [0.29, 0.717) is 12.8 Å². The zero-order valence-electron chi connectivity index (χ0n) is 13.9. The second-order valence-electron chi connectivity index (χ2n) is 6.04. The van der Waals surface area contributed by atoms with E-state index in [0.717, 1.165) is 37.3 Å². The van der Waals surface area contributed by atoms with Crippen molar-refractivity contribution in [1.82, 2.24) is 0 Å². The van der Waals surface area contributed by atoms with Crippen LogP contribution < -0.4 is 10.2 Å². The van der Waals surface area contributed by atoms with Crippen molar-refractivity contribution in [3.05, 3.63) is 24.3 Å². The number of rotatable bonds is 6. The van der Waals surface area contributed by atoms with E-state index in [1.54, 1.807) is 0 Å². The van der Waals surface area contributed by atoms with Gasteiger partial charge < -0.3 is 15.3 Å². The topological polar surface area (TPSA) is 69.6 Å².